The summed E-state index contributed by atoms with van der Waals surface area (Å²) in [6.45, 7) is 3.41. The molecule has 0 saturated heterocycles. The third kappa shape index (κ3) is 7.07. The molecule has 6 nitrogen and oxygen atoms in total. The second kappa shape index (κ2) is 10.7. The molecule has 0 atom stereocenters. The Morgan fingerprint density at radius 3 is 1.86 bits per heavy atom. The van der Waals surface area contributed by atoms with Gasteiger partial charge in [-0.2, -0.15) is 0 Å². The van der Waals surface area contributed by atoms with Gasteiger partial charge in [0.2, 0.25) is 11.8 Å². The van der Waals surface area contributed by atoms with Crippen LogP contribution in [0.2, 0.25) is 0 Å². The maximum Gasteiger partial charge on any atom is 0.305 e. The van der Waals surface area contributed by atoms with Crippen molar-refractivity contribution in [2.45, 2.75) is 25.7 Å². The second-order valence-electron chi connectivity index (χ2n) is 6.21. The highest BCUT2D eigenvalue weighted by molar-refractivity contribution is 5.98. The summed E-state index contributed by atoms with van der Waals surface area (Å²) in [7, 11) is 1.37. The fourth-order valence-corrected chi connectivity index (χ4v) is 2.53. The second-order valence-corrected chi connectivity index (χ2v) is 6.21. The highest BCUT2D eigenvalue weighted by Crippen LogP contribution is 2.14. The number of aryl methyl sites for hydroxylation is 2. The van der Waals surface area contributed by atoms with Crippen molar-refractivity contribution in [1.82, 2.24) is 0 Å². The van der Waals surface area contributed by atoms with Gasteiger partial charge in [-0.15, -0.1) is 0 Å². The Morgan fingerprint density at radius 2 is 1.36 bits per heavy atom. The number of hydrogen-bond donors (Lipinski definition) is 2. The van der Waals surface area contributed by atoms with Crippen LogP contribution in [0.4, 0.5) is 11.4 Å². The molecule has 0 bridgehead atoms. The largest absolute Gasteiger partial charge is 0.469 e. The van der Waals surface area contributed by atoms with Gasteiger partial charge in [0.05, 0.1) is 7.11 Å². The lowest BCUT2D eigenvalue weighted by molar-refractivity contribution is -0.140. The summed E-state index contributed by atoms with van der Waals surface area (Å²) in [5.41, 5.74) is 3.41. The SMILES string of the molecule is C=CC(=O)Nc1ccc(CCC(=O)Nc2ccc(CCC(=O)OC)cc2)cc1. The molecule has 0 heterocycles. The van der Waals surface area contributed by atoms with E-state index in [9.17, 15) is 14.4 Å². The Bertz CT molecular complexity index is 827. The summed E-state index contributed by atoms with van der Waals surface area (Å²) in [5, 5.41) is 5.54. The molecule has 0 saturated carbocycles. The van der Waals surface area contributed by atoms with E-state index in [4.69, 9.17) is 0 Å². The molecule has 0 spiro atoms. The van der Waals surface area contributed by atoms with E-state index in [0.717, 1.165) is 11.1 Å². The summed E-state index contributed by atoms with van der Waals surface area (Å²) in [4.78, 5) is 34.6. The molecule has 28 heavy (non-hydrogen) atoms. The van der Waals surface area contributed by atoms with E-state index in [2.05, 4.69) is 21.9 Å². The zero-order valence-corrected chi connectivity index (χ0v) is 15.9. The van der Waals surface area contributed by atoms with Crippen LogP contribution in [0, 0.1) is 0 Å². The molecular weight excluding hydrogens is 356 g/mol. The van der Waals surface area contributed by atoms with Crippen LogP contribution in [0.1, 0.15) is 24.0 Å². The van der Waals surface area contributed by atoms with E-state index in [1.54, 1.807) is 12.1 Å². The van der Waals surface area contributed by atoms with Gasteiger partial charge in [-0.3, -0.25) is 14.4 Å². The van der Waals surface area contributed by atoms with Gasteiger partial charge >= 0.3 is 5.97 Å². The monoisotopic (exact) mass is 380 g/mol. The van der Waals surface area contributed by atoms with Crippen LogP contribution in [0.3, 0.4) is 0 Å². The first kappa shape index (κ1) is 20.9. The average molecular weight is 380 g/mol. The standard InChI is InChI=1S/C22H24N2O4/c1-3-20(25)23-18-10-4-16(5-11-18)8-14-21(26)24-19-12-6-17(7-13-19)9-15-22(27)28-2/h3-7,10-13H,1,8-9,14-15H2,2H3,(H,23,25)(H,24,26). The maximum absolute atomic E-state index is 12.1. The highest BCUT2D eigenvalue weighted by atomic mass is 16.5. The Morgan fingerprint density at radius 1 is 0.857 bits per heavy atom. The third-order valence-electron chi connectivity index (χ3n) is 4.13. The summed E-state index contributed by atoms with van der Waals surface area (Å²) < 4.78 is 4.62. The Hall–Kier alpha value is -3.41. The first-order valence-corrected chi connectivity index (χ1v) is 8.98. The predicted molar refractivity (Wildman–Crippen MR) is 109 cm³/mol. The molecule has 0 aliphatic rings. The number of anilines is 2. The van der Waals surface area contributed by atoms with Crippen LogP contribution in [0.5, 0.6) is 0 Å². The topological polar surface area (TPSA) is 84.5 Å². The minimum atomic E-state index is -0.261. The van der Waals surface area contributed by atoms with E-state index in [1.807, 2.05) is 36.4 Å². The fraction of sp³-hybridized carbons (Fsp3) is 0.227. The number of benzene rings is 2. The molecule has 146 valence electrons. The summed E-state index contributed by atoms with van der Waals surface area (Å²) in [6, 6.07) is 14.8. The molecule has 2 amide bonds. The molecule has 2 rings (SSSR count). The van der Waals surface area contributed by atoms with E-state index in [0.29, 0.717) is 37.1 Å². The number of esters is 1. The first-order valence-electron chi connectivity index (χ1n) is 8.98. The van der Waals surface area contributed by atoms with Crippen molar-refractivity contribution in [1.29, 1.82) is 0 Å². The van der Waals surface area contributed by atoms with Crippen molar-refractivity contribution >= 4 is 29.2 Å². The van der Waals surface area contributed by atoms with Gasteiger partial charge in [-0.05, 0) is 54.3 Å². The van der Waals surface area contributed by atoms with Crippen molar-refractivity contribution in [3.05, 3.63) is 72.3 Å². The third-order valence-corrected chi connectivity index (χ3v) is 4.13. The number of methoxy groups -OCH3 is 1. The lowest BCUT2D eigenvalue weighted by Gasteiger charge is -2.07. The number of carbonyl (C=O) groups is 3. The van der Waals surface area contributed by atoms with Crippen molar-refractivity contribution in [2.24, 2.45) is 0 Å². The van der Waals surface area contributed by atoms with Crippen molar-refractivity contribution in [2.75, 3.05) is 17.7 Å². The lowest BCUT2D eigenvalue weighted by atomic mass is 10.1. The number of amides is 2. The van der Waals surface area contributed by atoms with Gasteiger partial charge in [-0.25, -0.2) is 0 Å². The minimum absolute atomic E-state index is 0.0775. The highest BCUT2D eigenvalue weighted by Gasteiger charge is 2.05. The molecule has 0 radical (unpaired) electrons. The zero-order chi connectivity index (χ0) is 20.4. The number of carbonyl (C=O) groups excluding carboxylic acids is 3. The fourth-order valence-electron chi connectivity index (χ4n) is 2.53. The molecule has 0 aliphatic carbocycles. The summed E-state index contributed by atoms with van der Waals surface area (Å²) in [5.74, 6) is -0.580. The molecule has 6 heteroatoms. The van der Waals surface area contributed by atoms with Crippen LogP contribution in [0.25, 0.3) is 0 Å². The molecule has 2 aromatic rings. The summed E-state index contributed by atoms with van der Waals surface area (Å²) >= 11 is 0. The van der Waals surface area contributed by atoms with Gasteiger partial charge in [0.15, 0.2) is 0 Å². The van der Waals surface area contributed by atoms with Gasteiger partial charge in [-0.1, -0.05) is 30.8 Å². The Labute approximate surface area is 164 Å². The normalized spacial score (nSPS) is 10.0. The molecule has 2 N–H and O–H groups in total. The van der Waals surface area contributed by atoms with Crippen molar-refractivity contribution in [3.63, 3.8) is 0 Å². The van der Waals surface area contributed by atoms with E-state index < -0.39 is 0 Å². The van der Waals surface area contributed by atoms with E-state index in [-0.39, 0.29) is 17.8 Å². The van der Waals surface area contributed by atoms with Crippen LogP contribution < -0.4 is 10.6 Å². The van der Waals surface area contributed by atoms with Crippen LogP contribution >= 0.6 is 0 Å². The quantitative estimate of drug-likeness (QED) is 0.515. The van der Waals surface area contributed by atoms with E-state index in [1.165, 1.54) is 13.2 Å². The lowest BCUT2D eigenvalue weighted by Crippen LogP contribution is -2.12. The maximum atomic E-state index is 12.1. The van der Waals surface area contributed by atoms with Crippen LogP contribution in [0.15, 0.2) is 61.2 Å². The first-order chi connectivity index (χ1) is 13.5. The Kier molecular flexibility index (Phi) is 7.96. The van der Waals surface area contributed by atoms with Gasteiger partial charge < -0.3 is 15.4 Å². The summed E-state index contributed by atoms with van der Waals surface area (Å²) in [6.07, 6.45) is 3.09. The molecule has 2 aromatic carbocycles. The molecule has 0 fully saturated rings. The minimum Gasteiger partial charge on any atom is -0.469 e. The van der Waals surface area contributed by atoms with Gasteiger partial charge in [0, 0.05) is 24.2 Å². The number of rotatable bonds is 9. The van der Waals surface area contributed by atoms with Gasteiger partial charge in [0.25, 0.3) is 0 Å². The molecular formula is C22H24N2O4. The molecule has 0 unspecified atom stereocenters. The van der Waals surface area contributed by atoms with Crippen molar-refractivity contribution in [3.8, 4) is 0 Å². The molecule has 0 aromatic heterocycles. The molecule has 0 aliphatic heterocycles. The van der Waals surface area contributed by atoms with Crippen LogP contribution in [-0.2, 0) is 32.0 Å². The zero-order valence-electron chi connectivity index (χ0n) is 15.9. The predicted octanol–water partition coefficient (Wildman–Crippen LogP) is 3.49. The Balaban J connectivity index is 1.78. The van der Waals surface area contributed by atoms with E-state index >= 15 is 0 Å². The van der Waals surface area contributed by atoms with Gasteiger partial charge in [0.1, 0.15) is 0 Å². The number of ether oxygens (including phenoxy) is 1. The average Bonchev–Trinajstić information content (AvgIpc) is 2.72. The van der Waals surface area contributed by atoms with Crippen molar-refractivity contribution < 1.29 is 19.1 Å². The van der Waals surface area contributed by atoms with Crippen LogP contribution in [-0.4, -0.2) is 24.9 Å². The number of nitrogens with one attached hydrogen (secondary N) is 2. The smallest absolute Gasteiger partial charge is 0.305 e. The number of hydrogen-bond acceptors (Lipinski definition) is 4.